The van der Waals surface area contributed by atoms with Crippen molar-refractivity contribution in [3.05, 3.63) is 58.6 Å². The van der Waals surface area contributed by atoms with Crippen molar-refractivity contribution in [1.82, 2.24) is 5.32 Å². The Bertz CT molecular complexity index is 701. The number of carbonyl (C=O) groups excluding carboxylic acids is 1. The summed E-state index contributed by atoms with van der Waals surface area (Å²) < 4.78 is 11.1. The number of amides is 1. The number of halogens is 1. The average Bonchev–Trinajstić information content (AvgIpc) is 2.57. The maximum absolute atomic E-state index is 12.2. The van der Waals surface area contributed by atoms with Gasteiger partial charge in [0.1, 0.15) is 18.1 Å². The lowest BCUT2D eigenvalue weighted by atomic mass is 10.1. The van der Waals surface area contributed by atoms with E-state index in [1.165, 1.54) is 0 Å². The summed E-state index contributed by atoms with van der Waals surface area (Å²) in [7, 11) is 1.59. The molecule has 0 radical (unpaired) electrons. The van der Waals surface area contributed by atoms with Crippen LogP contribution in [0, 0.1) is 5.92 Å². The normalized spacial score (nSPS) is 10.5. The predicted molar refractivity (Wildman–Crippen MR) is 95.9 cm³/mol. The maximum Gasteiger partial charge on any atom is 0.251 e. The predicted octanol–water partition coefficient (Wildman–Crippen LogP) is 4.31. The Morgan fingerprint density at radius 1 is 1.21 bits per heavy atom. The molecule has 5 heteroatoms. The second kappa shape index (κ2) is 8.60. The summed E-state index contributed by atoms with van der Waals surface area (Å²) >= 11 is 5.95. The first-order chi connectivity index (χ1) is 11.5. The summed E-state index contributed by atoms with van der Waals surface area (Å²) in [5.41, 5.74) is 1.39. The Hall–Kier alpha value is -2.20. The van der Waals surface area contributed by atoms with Crippen LogP contribution in [0.2, 0.25) is 5.02 Å². The van der Waals surface area contributed by atoms with Crippen LogP contribution >= 0.6 is 11.6 Å². The number of nitrogens with one attached hydrogen (secondary N) is 1. The Kier molecular flexibility index (Phi) is 6.50. The minimum absolute atomic E-state index is 0.102. The molecule has 0 atom stereocenters. The average molecular weight is 348 g/mol. The first kappa shape index (κ1) is 18.1. The number of hydrogen-bond donors (Lipinski definition) is 1. The van der Waals surface area contributed by atoms with Crippen LogP contribution in [0.5, 0.6) is 11.5 Å². The van der Waals surface area contributed by atoms with Gasteiger partial charge in [0.2, 0.25) is 0 Å². The Morgan fingerprint density at radius 2 is 2.00 bits per heavy atom. The van der Waals surface area contributed by atoms with E-state index >= 15 is 0 Å². The fourth-order valence-corrected chi connectivity index (χ4v) is 2.33. The van der Waals surface area contributed by atoms with E-state index in [4.69, 9.17) is 21.1 Å². The monoisotopic (exact) mass is 347 g/mol. The van der Waals surface area contributed by atoms with Gasteiger partial charge in [-0.05, 0) is 42.3 Å². The lowest BCUT2D eigenvalue weighted by molar-refractivity contribution is 0.0949. The lowest BCUT2D eigenvalue weighted by Crippen LogP contribution is -2.27. The lowest BCUT2D eigenvalue weighted by Gasteiger charge is -2.13. The minimum Gasteiger partial charge on any atom is -0.496 e. The van der Waals surface area contributed by atoms with E-state index in [1.54, 1.807) is 37.4 Å². The number of carbonyl (C=O) groups is 1. The van der Waals surface area contributed by atoms with Crippen LogP contribution in [-0.4, -0.2) is 19.6 Å². The highest BCUT2D eigenvalue weighted by atomic mass is 35.5. The Morgan fingerprint density at radius 3 is 2.67 bits per heavy atom. The first-order valence-electron chi connectivity index (χ1n) is 7.83. The number of ether oxygens (including phenoxy) is 2. The molecule has 1 N–H and O–H groups in total. The first-order valence-corrected chi connectivity index (χ1v) is 8.21. The molecule has 0 aliphatic rings. The molecular formula is C19H22ClNO3. The Balaban J connectivity index is 2.12. The summed E-state index contributed by atoms with van der Waals surface area (Å²) in [6.07, 6.45) is 0. The zero-order chi connectivity index (χ0) is 17.5. The summed E-state index contributed by atoms with van der Waals surface area (Å²) in [4.78, 5) is 12.2. The summed E-state index contributed by atoms with van der Waals surface area (Å²) in [6, 6.07) is 12.5. The number of hydrogen-bond acceptors (Lipinski definition) is 3. The van der Waals surface area contributed by atoms with Crippen LogP contribution in [0.1, 0.15) is 29.8 Å². The highest BCUT2D eigenvalue weighted by molar-refractivity contribution is 6.30. The molecule has 24 heavy (non-hydrogen) atoms. The molecule has 0 aliphatic heterocycles. The molecule has 0 aliphatic carbocycles. The van der Waals surface area contributed by atoms with Gasteiger partial charge in [0, 0.05) is 22.7 Å². The van der Waals surface area contributed by atoms with Crippen LogP contribution in [0.3, 0.4) is 0 Å². The van der Waals surface area contributed by atoms with Crippen molar-refractivity contribution in [3.8, 4) is 11.5 Å². The fourth-order valence-electron chi connectivity index (χ4n) is 2.15. The zero-order valence-corrected chi connectivity index (χ0v) is 14.9. The van der Waals surface area contributed by atoms with Gasteiger partial charge in [0.25, 0.3) is 5.91 Å². The van der Waals surface area contributed by atoms with Crippen LogP contribution in [0.4, 0.5) is 0 Å². The number of rotatable bonds is 7. The molecule has 2 aromatic carbocycles. The summed E-state index contributed by atoms with van der Waals surface area (Å²) in [6.45, 7) is 5.03. The van der Waals surface area contributed by atoms with E-state index in [-0.39, 0.29) is 12.5 Å². The molecule has 128 valence electrons. The van der Waals surface area contributed by atoms with E-state index in [9.17, 15) is 4.79 Å². The van der Waals surface area contributed by atoms with Crippen molar-refractivity contribution in [2.75, 3.05) is 13.7 Å². The molecule has 2 aromatic rings. The van der Waals surface area contributed by atoms with Gasteiger partial charge >= 0.3 is 0 Å². The molecule has 4 nitrogen and oxygen atoms in total. The number of benzene rings is 2. The van der Waals surface area contributed by atoms with Crippen molar-refractivity contribution >= 4 is 17.5 Å². The smallest absolute Gasteiger partial charge is 0.251 e. The molecule has 0 unspecified atom stereocenters. The fraction of sp³-hybridized carbons (Fsp3) is 0.316. The molecule has 0 saturated carbocycles. The van der Waals surface area contributed by atoms with Crippen LogP contribution in [0.25, 0.3) is 0 Å². The van der Waals surface area contributed by atoms with E-state index < -0.39 is 0 Å². The standard InChI is InChI=1S/C19H22ClNO3/c1-13(2)11-21-19(22)14-7-8-18(23-3)15(9-14)12-24-17-6-4-5-16(20)10-17/h4-10,13H,11-12H2,1-3H3,(H,21,22). The van der Waals surface area contributed by atoms with E-state index in [0.717, 1.165) is 5.56 Å². The third-order valence-electron chi connectivity index (χ3n) is 3.40. The SMILES string of the molecule is COc1ccc(C(=O)NCC(C)C)cc1COc1cccc(Cl)c1. The van der Waals surface area contributed by atoms with E-state index in [2.05, 4.69) is 19.2 Å². The van der Waals surface area contributed by atoms with Gasteiger partial charge in [0.15, 0.2) is 0 Å². The third kappa shape index (κ3) is 5.17. The maximum atomic E-state index is 12.2. The highest BCUT2D eigenvalue weighted by Crippen LogP contribution is 2.23. The third-order valence-corrected chi connectivity index (χ3v) is 3.64. The van der Waals surface area contributed by atoms with Crippen molar-refractivity contribution < 1.29 is 14.3 Å². The molecule has 2 rings (SSSR count). The second-order valence-corrected chi connectivity index (χ2v) is 6.31. The molecule has 0 aromatic heterocycles. The molecule has 1 amide bonds. The van der Waals surface area contributed by atoms with Crippen molar-refractivity contribution in [3.63, 3.8) is 0 Å². The van der Waals surface area contributed by atoms with Crippen LogP contribution < -0.4 is 14.8 Å². The van der Waals surface area contributed by atoms with E-state index in [1.807, 2.05) is 12.1 Å². The van der Waals surface area contributed by atoms with Crippen molar-refractivity contribution in [2.45, 2.75) is 20.5 Å². The largest absolute Gasteiger partial charge is 0.496 e. The van der Waals surface area contributed by atoms with Crippen molar-refractivity contribution in [2.24, 2.45) is 5.92 Å². The van der Waals surface area contributed by atoms with Gasteiger partial charge in [-0.1, -0.05) is 31.5 Å². The van der Waals surface area contributed by atoms with Gasteiger partial charge < -0.3 is 14.8 Å². The summed E-state index contributed by atoms with van der Waals surface area (Å²) in [5, 5.41) is 3.52. The van der Waals surface area contributed by atoms with Gasteiger partial charge in [-0.15, -0.1) is 0 Å². The molecule has 0 spiro atoms. The van der Waals surface area contributed by atoms with Crippen LogP contribution in [0.15, 0.2) is 42.5 Å². The molecule has 0 fully saturated rings. The quantitative estimate of drug-likeness (QED) is 0.811. The summed E-state index contributed by atoms with van der Waals surface area (Å²) in [5.74, 6) is 1.64. The molecule has 0 bridgehead atoms. The number of methoxy groups -OCH3 is 1. The zero-order valence-electron chi connectivity index (χ0n) is 14.1. The van der Waals surface area contributed by atoms with E-state index in [0.29, 0.717) is 34.5 Å². The molecule has 0 saturated heterocycles. The van der Waals surface area contributed by atoms with Gasteiger partial charge in [0.05, 0.1) is 7.11 Å². The topological polar surface area (TPSA) is 47.6 Å². The highest BCUT2D eigenvalue weighted by Gasteiger charge is 2.11. The van der Waals surface area contributed by atoms with Crippen LogP contribution in [-0.2, 0) is 6.61 Å². The second-order valence-electron chi connectivity index (χ2n) is 5.88. The van der Waals surface area contributed by atoms with Crippen molar-refractivity contribution in [1.29, 1.82) is 0 Å². The Labute approximate surface area is 147 Å². The van der Waals surface area contributed by atoms with Gasteiger partial charge in [-0.3, -0.25) is 4.79 Å². The molecule has 0 heterocycles. The van der Waals surface area contributed by atoms with Gasteiger partial charge in [-0.2, -0.15) is 0 Å². The minimum atomic E-state index is -0.102. The molecular weight excluding hydrogens is 326 g/mol. The van der Waals surface area contributed by atoms with Gasteiger partial charge in [-0.25, -0.2) is 0 Å².